The molecule has 0 radical (unpaired) electrons. The summed E-state index contributed by atoms with van der Waals surface area (Å²) in [5.74, 6) is 1.50. The first-order valence-corrected chi connectivity index (χ1v) is 9.34. The number of guanidine groups is 1. The predicted octanol–water partition coefficient (Wildman–Crippen LogP) is 3.74. The molecule has 4 rings (SSSR count). The van der Waals surface area contributed by atoms with Crippen molar-refractivity contribution >= 4 is 16.9 Å². The first kappa shape index (κ1) is 16.7. The monoisotopic (exact) mass is 346 g/mol. The second-order valence-electron chi connectivity index (χ2n) is 7.03. The SMILES string of the molecule is CN=C(NCCc1c(C)[nH]c2ccccc12)NC1CC1c1ccccc1. The molecule has 4 nitrogen and oxygen atoms in total. The summed E-state index contributed by atoms with van der Waals surface area (Å²) in [5.41, 5.74) is 5.26. The van der Waals surface area contributed by atoms with Crippen LogP contribution in [0.1, 0.15) is 29.2 Å². The lowest BCUT2D eigenvalue weighted by molar-refractivity contribution is 0.779. The maximum absolute atomic E-state index is 4.39. The highest BCUT2D eigenvalue weighted by molar-refractivity contribution is 5.85. The number of aromatic nitrogens is 1. The van der Waals surface area contributed by atoms with Crippen LogP contribution in [0, 0.1) is 6.92 Å². The third-order valence-corrected chi connectivity index (χ3v) is 5.26. The molecule has 3 N–H and O–H groups in total. The van der Waals surface area contributed by atoms with Gasteiger partial charge in [-0.05, 0) is 37.0 Å². The molecule has 1 heterocycles. The third-order valence-electron chi connectivity index (χ3n) is 5.26. The van der Waals surface area contributed by atoms with E-state index in [4.69, 9.17) is 0 Å². The molecule has 1 fully saturated rings. The lowest BCUT2D eigenvalue weighted by Crippen LogP contribution is -2.39. The van der Waals surface area contributed by atoms with E-state index < -0.39 is 0 Å². The molecule has 0 bridgehead atoms. The smallest absolute Gasteiger partial charge is 0.191 e. The van der Waals surface area contributed by atoms with Gasteiger partial charge in [0.2, 0.25) is 0 Å². The van der Waals surface area contributed by atoms with E-state index in [2.05, 4.69) is 82.1 Å². The summed E-state index contributed by atoms with van der Waals surface area (Å²) in [6.45, 7) is 3.02. The molecule has 2 unspecified atom stereocenters. The first-order chi connectivity index (χ1) is 12.8. The van der Waals surface area contributed by atoms with E-state index in [1.165, 1.54) is 34.1 Å². The molecule has 134 valence electrons. The van der Waals surface area contributed by atoms with Crippen LogP contribution in [0.3, 0.4) is 0 Å². The average Bonchev–Trinajstić information content (AvgIpc) is 3.37. The Balaban J connectivity index is 1.32. The van der Waals surface area contributed by atoms with E-state index in [-0.39, 0.29) is 0 Å². The van der Waals surface area contributed by atoms with Crippen molar-refractivity contribution in [2.45, 2.75) is 31.7 Å². The molecule has 4 heteroatoms. The molecule has 1 aliphatic rings. The molecule has 1 saturated carbocycles. The fraction of sp³-hybridized carbons (Fsp3) is 0.318. The van der Waals surface area contributed by atoms with Gasteiger partial charge in [-0.1, -0.05) is 48.5 Å². The van der Waals surface area contributed by atoms with Crippen molar-refractivity contribution < 1.29 is 0 Å². The molecule has 2 atom stereocenters. The second kappa shape index (κ2) is 7.24. The Labute approximate surface area is 154 Å². The highest BCUT2D eigenvalue weighted by Gasteiger charge is 2.38. The molecule has 1 aliphatic carbocycles. The van der Waals surface area contributed by atoms with E-state index in [0.717, 1.165) is 18.9 Å². The Bertz CT molecular complexity index is 910. The van der Waals surface area contributed by atoms with Crippen LogP contribution < -0.4 is 10.6 Å². The van der Waals surface area contributed by atoms with Crippen LogP contribution in [-0.2, 0) is 6.42 Å². The maximum Gasteiger partial charge on any atom is 0.191 e. The van der Waals surface area contributed by atoms with Crippen molar-refractivity contribution in [3.63, 3.8) is 0 Å². The zero-order valence-electron chi connectivity index (χ0n) is 15.4. The van der Waals surface area contributed by atoms with Gasteiger partial charge in [-0.2, -0.15) is 0 Å². The quantitative estimate of drug-likeness (QED) is 0.487. The average molecular weight is 346 g/mol. The van der Waals surface area contributed by atoms with Crippen LogP contribution >= 0.6 is 0 Å². The van der Waals surface area contributed by atoms with Gasteiger partial charge in [0.25, 0.3) is 0 Å². The number of nitrogens with zero attached hydrogens (tertiary/aromatic N) is 1. The molecule has 0 saturated heterocycles. The Morgan fingerprint density at radius 3 is 2.69 bits per heavy atom. The van der Waals surface area contributed by atoms with Gasteiger partial charge in [-0.3, -0.25) is 4.99 Å². The molecule has 0 spiro atoms. The number of hydrogen-bond acceptors (Lipinski definition) is 1. The largest absolute Gasteiger partial charge is 0.358 e. The Morgan fingerprint density at radius 1 is 1.12 bits per heavy atom. The van der Waals surface area contributed by atoms with Crippen LogP contribution in [0.25, 0.3) is 10.9 Å². The van der Waals surface area contributed by atoms with Gasteiger partial charge >= 0.3 is 0 Å². The number of aromatic amines is 1. The molecule has 1 aromatic heterocycles. The number of H-pyrrole nitrogens is 1. The van der Waals surface area contributed by atoms with E-state index in [1.807, 2.05) is 7.05 Å². The van der Waals surface area contributed by atoms with Gasteiger partial charge in [-0.15, -0.1) is 0 Å². The second-order valence-corrected chi connectivity index (χ2v) is 7.03. The molecule has 3 aromatic rings. The van der Waals surface area contributed by atoms with Gasteiger partial charge in [0.05, 0.1) is 0 Å². The maximum atomic E-state index is 4.39. The Hall–Kier alpha value is -2.75. The molecule has 0 amide bonds. The summed E-state index contributed by atoms with van der Waals surface area (Å²) in [6, 6.07) is 19.7. The highest BCUT2D eigenvalue weighted by Crippen LogP contribution is 2.40. The third kappa shape index (κ3) is 3.45. The number of aliphatic imine (C=N–C) groups is 1. The zero-order chi connectivity index (χ0) is 17.9. The minimum absolute atomic E-state index is 0.485. The summed E-state index contributed by atoms with van der Waals surface area (Å²) < 4.78 is 0. The van der Waals surface area contributed by atoms with Gasteiger partial charge in [0, 0.05) is 42.1 Å². The summed E-state index contributed by atoms with van der Waals surface area (Å²) in [4.78, 5) is 7.86. The van der Waals surface area contributed by atoms with Gasteiger partial charge in [-0.25, -0.2) is 0 Å². The summed E-state index contributed by atoms with van der Waals surface area (Å²) >= 11 is 0. The number of hydrogen-bond donors (Lipinski definition) is 3. The number of rotatable bonds is 5. The minimum Gasteiger partial charge on any atom is -0.358 e. The van der Waals surface area contributed by atoms with Gasteiger partial charge in [0.1, 0.15) is 0 Å². The Morgan fingerprint density at radius 2 is 1.88 bits per heavy atom. The number of para-hydroxylation sites is 1. The summed E-state index contributed by atoms with van der Waals surface area (Å²) in [7, 11) is 1.84. The van der Waals surface area contributed by atoms with Crippen molar-refractivity contribution in [2.24, 2.45) is 4.99 Å². The Kier molecular flexibility index (Phi) is 4.65. The molecule has 2 aromatic carbocycles. The van der Waals surface area contributed by atoms with Crippen molar-refractivity contribution in [3.8, 4) is 0 Å². The van der Waals surface area contributed by atoms with Gasteiger partial charge in [0.15, 0.2) is 5.96 Å². The van der Waals surface area contributed by atoms with E-state index in [0.29, 0.717) is 12.0 Å². The lowest BCUT2D eigenvalue weighted by Gasteiger charge is -2.12. The van der Waals surface area contributed by atoms with Crippen LogP contribution in [0.4, 0.5) is 0 Å². The fourth-order valence-electron chi connectivity index (χ4n) is 3.76. The normalized spacial score (nSPS) is 19.5. The van der Waals surface area contributed by atoms with Crippen LogP contribution in [-0.4, -0.2) is 30.6 Å². The standard InChI is InChI=1S/C22H26N4/c1-15-17(18-10-6-7-11-20(18)25-15)12-13-24-22(23-2)26-21-14-19(21)16-8-4-3-5-9-16/h3-11,19,21,25H,12-14H2,1-2H3,(H2,23,24,26). The van der Waals surface area contributed by atoms with E-state index in [9.17, 15) is 0 Å². The van der Waals surface area contributed by atoms with Crippen LogP contribution in [0.2, 0.25) is 0 Å². The van der Waals surface area contributed by atoms with Gasteiger partial charge < -0.3 is 15.6 Å². The van der Waals surface area contributed by atoms with Crippen LogP contribution in [0.15, 0.2) is 59.6 Å². The molecule has 26 heavy (non-hydrogen) atoms. The van der Waals surface area contributed by atoms with Crippen molar-refractivity contribution in [3.05, 3.63) is 71.4 Å². The predicted molar refractivity (Wildman–Crippen MR) is 109 cm³/mol. The van der Waals surface area contributed by atoms with E-state index in [1.54, 1.807) is 0 Å². The molecular formula is C22H26N4. The van der Waals surface area contributed by atoms with Crippen LogP contribution in [0.5, 0.6) is 0 Å². The molecule has 0 aliphatic heterocycles. The fourth-order valence-corrected chi connectivity index (χ4v) is 3.76. The van der Waals surface area contributed by atoms with Crippen molar-refractivity contribution in [1.29, 1.82) is 0 Å². The summed E-state index contributed by atoms with van der Waals surface area (Å²) in [6.07, 6.45) is 2.15. The van der Waals surface area contributed by atoms with Crippen molar-refractivity contribution in [1.82, 2.24) is 15.6 Å². The number of fused-ring (bicyclic) bond motifs is 1. The van der Waals surface area contributed by atoms with Crippen molar-refractivity contribution in [2.75, 3.05) is 13.6 Å². The topological polar surface area (TPSA) is 52.2 Å². The first-order valence-electron chi connectivity index (χ1n) is 9.34. The minimum atomic E-state index is 0.485. The zero-order valence-corrected chi connectivity index (χ0v) is 15.4. The number of aryl methyl sites for hydroxylation is 1. The highest BCUT2D eigenvalue weighted by atomic mass is 15.2. The number of benzene rings is 2. The van der Waals surface area contributed by atoms with E-state index >= 15 is 0 Å². The lowest BCUT2D eigenvalue weighted by atomic mass is 10.1. The molecular weight excluding hydrogens is 320 g/mol. The summed E-state index contributed by atoms with van der Waals surface area (Å²) in [5, 5.41) is 8.34. The number of nitrogens with one attached hydrogen (secondary N) is 3.